The number of carbonyl (C=O) groups is 1. The highest BCUT2D eigenvalue weighted by Gasteiger charge is 2.72. The molecule has 32 heavy (non-hydrogen) atoms. The van der Waals surface area contributed by atoms with Gasteiger partial charge in [-0.1, -0.05) is 48.5 Å². The van der Waals surface area contributed by atoms with Crippen LogP contribution in [0.3, 0.4) is 0 Å². The van der Waals surface area contributed by atoms with E-state index in [1.807, 2.05) is 0 Å². The SMILES string of the molecule is CC1(C)CC[C@]23CC[C@]4(C)[C@H](CC[C@H]5[C@@]6(C)CCC(=O)C(C)(C)[C@H]6CC[C@]54C)[C@H]2[C@H]1OC3. The van der Waals surface area contributed by atoms with Gasteiger partial charge in [-0.3, -0.25) is 4.79 Å². The van der Waals surface area contributed by atoms with Crippen LogP contribution < -0.4 is 0 Å². The molecule has 0 aromatic carbocycles. The van der Waals surface area contributed by atoms with Crippen LogP contribution in [0.15, 0.2) is 0 Å². The van der Waals surface area contributed by atoms with Crippen LogP contribution in [0.4, 0.5) is 0 Å². The summed E-state index contributed by atoms with van der Waals surface area (Å²) in [5.41, 5.74) is 1.83. The zero-order valence-electron chi connectivity index (χ0n) is 22.0. The van der Waals surface area contributed by atoms with Crippen molar-refractivity contribution in [1.82, 2.24) is 0 Å². The van der Waals surface area contributed by atoms with Crippen molar-refractivity contribution < 1.29 is 9.53 Å². The lowest BCUT2D eigenvalue weighted by atomic mass is 9.31. The Kier molecular flexibility index (Phi) is 4.31. The predicted molar refractivity (Wildman–Crippen MR) is 129 cm³/mol. The number of fused-ring (bicyclic) bond motifs is 5. The van der Waals surface area contributed by atoms with Crippen LogP contribution in [-0.2, 0) is 9.53 Å². The molecule has 0 aromatic rings. The summed E-state index contributed by atoms with van der Waals surface area (Å²) in [6.07, 6.45) is 13.3. The molecule has 0 spiro atoms. The van der Waals surface area contributed by atoms with E-state index in [-0.39, 0.29) is 5.41 Å². The largest absolute Gasteiger partial charge is 0.377 e. The van der Waals surface area contributed by atoms with Crippen molar-refractivity contribution in [1.29, 1.82) is 0 Å². The van der Waals surface area contributed by atoms with E-state index in [2.05, 4.69) is 48.5 Å². The first kappa shape index (κ1) is 22.1. The van der Waals surface area contributed by atoms with E-state index < -0.39 is 0 Å². The van der Waals surface area contributed by atoms with Crippen LogP contribution in [0.2, 0.25) is 0 Å². The topological polar surface area (TPSA) is 26.3 Å². The quantitative estimate of drug-likeness (QED) is 0.391. The first-order chi connectivity index (χ1) is 14.8. The summed E-state index contributed by atoms with van der Waals surface area (Å²) in [7, 11) is 0. The number of ketones is 1. The lowest BCUT2D eigenvalue weighted by Crippen LogP contribution is -2.67. The summed E-state index contributed by atoms with van der Waals surface area (Å²) >= 11 is 0. The Labute approximate surface area is 197 Å². The van der Waals surface area contributed by atoms with E-state index in [4.69, 9.17) is 4.74 Å². The fraction of sp³-hybridized carbons (Fsp3) is 0.967. The summed E-state index contributed by atoms with van der Waals surface area (Å²) in [5, 5.41) is 0. The van der Waals surface area contributed by atoms with Crippen LogP contribution >= 0.6 is 0 Å². The van der Waals surface area contributed by atoms with E-state index in [9.17, 15) is 4.79 Å². The molecular weight excluding hydrogens is 392 g/mol. The average molecular weight is 441 g/mol. The van der Waals surface area contributed by atoms with E-state index in [0.29, 0.717) is 44.9 Å². The van der Waals surface area contributed by atoms with E-state index >= 15 is 0 Å². The fourth-order valence-corrected chi connectivity index (χ4v) is 11.8. The summed E-state index contributed by atoms with van der Waals surface area (Å²) in [4.78, 5) is 12.9. The molecule has 9 atom stereocenters. The molecule has 6 rings (SSSR count). The van der Waals surface area contributed by atoms with Gasteiger partial charge in [-0.2, -0.15) is 0 Å². The summed E-state index contributed by atoms with van der Waals surface area (Å²) in [5.74, 6) is 3.46. The highest BCUT2D eigenvalue weighted by atomic mass is 16.5. The first-order valence-electron chi connectivity index (χ1n) is 14.0. The molecule has 6 fully saturated rings. The fourth-order valence-electron chi connectivity index (χ4n) is 11.8. The minimum atomic E-state index is -0.136. The van der Waals surface area contributed by atoms with Gasteiger partial charge in [-0.25, -0.2) is 0 Å². The van der Waals surface area contributed by atoms with E-state index in [1.54, 1.807) is 0 Å². The third-order valence-electron chi connectivity index (χ3n) is 13.9. The maximum Gasteiger partial charge on any atom is 0.138 e. The van der Waals surface area contributed by atoms with Crippen molar-refractivity contribution in [2.75, 3.05) is 6.61 Å². The average Bonchev–Trinajstić information content (AvgIpc) is 3.05. The molecule has 1 saturated heterocycles. The summed E-state index contributed by atoms with van der Waals surface area (Å²) in [6, 6.07) is 0. The van der Waals surface area contributed by atoms with Crippen molar-refractivity contribution in [2.45, 2.75) is 119 Å². The zero-order chi connectivity index (χ0) is 22.9. The number of hydrogen-bond donors (Lipinski definition) is 0. The molecule has 1 heterocycles. The molecule has 6 aliphatic rings. The number of hydrogen-bond acceptors (Lipinski definition) is 2. The van der Waals surface area contributed by atoms with Gasteiger partial charge in [0, 0.05) is 11.8 Å². The summed E-state index contributed by atoms with van der Waals surface area (Å²) in [6.45, 7) is 18.6. The van der Waals surface area contributed by atoms with Gasteiger partial charge >= 0.3 is 0 Å². The number of ether oxygens (including phenoxy) is 1. The molecule has 2 heteroatoms. The Morgan fingerprint density at radius 3 is 2.22 bits per heavy atom. The van der Waals surface area contributed by atoms with Gasteiger partial charge in [0.1, 0.15) is 5.78 Å². The van der Waals surface area contributed by atoms with Crippen molar-refractivity contribution in [2.24, 2.45) is 56.2 Å². The second-order valence-corrected chi connectivity index (χ2v) is 15.4. The first-order valence-corrected chi connectivity index (χ1v) is 14.0. The van der Waals surface area contributed by atoms with Crippen LogP contribution in [0.5, 0.6) is 0 Å². The van der Waals surface area contributed by atoms with Crippen LogP contribution in [0.1, 0.15) is 113 Å². The van der Waals surface area contributed by atoms with Crippen molar-refractivity contribution in [3.63, 3.8) is 0 Å². The Hall–Kier alpha value is -0.370. The lowest BCUT2D eigenvalue weighted by Gasteiger charge is -2.72. The van der Waals surface area contributed by atoms with E-state index in [0.717, 1.165) is 37.2 Å². The maximum atomic E-state index is 12.9. The number of carbonyl (C=O) groups excluding carboxylic acids is 1. The zero-order valence-corrected chi connectivity index (χ0v) is 22.0. The number of rotatable bonds is 0. The molecule has 0 aromatic heterocycles. The van der Waals surface area contributed by atoms with Crippen LogP contribution in [0, 0.1) is 56.2 Å². The van der Waals surface area contributed by atoms with Gasteiger partial charge in [0.15, 0.2) is 0 Å². The Morgan fingerprint density at radius 1 is 0.750 bits per heavy atom. The Bertz CT molecular complexity index is 842. The smallest absolute Gasteiger partial charge is 0.138 e. The normalized spacial score (nSPS) is 57.7. The molecule has 2 bridgehead atoms. The third-order valence-corrected chi connectivity index (χ3v) is 13.9. The highest BCUT2D eigenvalue weighted by Crippen LogP contribution is 2.77. The van der Waals surface area contributed by atoms with Crippen LogP contribution in [0.25, 0.3) is 0 Å². The van der Waals surface area contributed by atoms with Gasteiger partial charge in [0.25, 0.3) is 0 Å². The Morgan fingerprint density at radius 2 is 1.47 bits per heavy atom. The molecule has 1 aliphatic heterocycles. The molecule has 0 radical (unpaired) electrons. The molecule has 0 unspecified atom stereocenters. The molecule has 0 N–H and O–H groups in total. The van der Waals surface area contributed by atoms with Gasteiger partial charge in [-0.05, 0) is 109 Å². The van der Waals surface area contributed by atoms with Crippen LogP contribution in [-0.4, -0.2) is 18.5 Å². The van der Waals surface area contributed by atoms with Gasteiger partial charge in [-0.15, -0.1) is 0 Å². The molecule has 2 nitrogen and oxygen atoms in total. The lowest BCUT2D eigenvalue weighted by molar-refractivity contribution is -0.239. The minimum Gasteiger partial charge on any atom is -0.377 e. The maximum absolute atomic E-state index is 12.9. The van der Waals surface area contributed by atoms with Crippen molar-refractivity contribution in [3.8, 4) is 0 Å². The minimum absolute atomic E-state index is 0.136. The molecule has 5 aliphatic carbocycles. The second kappa shape index (κ2) is 6.24. The Balaban J connectivity index is 1.40. The molecule has 180 valence electrons. The predicted octanol–water partition coefficient (Wildman–Crippen LogP) is 7.45. The third kappa shape index (κ3) is 2.35. The molecular formula is C30H48O2. The van der Waals surface area contributed by atoms with Gasteiger partial charge < -0.3 is 4.74 Å². The standard InChI is InChI=1S/C30H48O2/c1-25(2)14-16-30-17-15-28(6)19(23(30)24(25)32-18-30)8-9-21-27(5)12-11-22(31)26(3,4)20(27)10-13-29(21,28)7/h19-21,23-24H,8-18H2,1-7H3/t19-,20-,21+,23+,24-,27+,28-,29-,30-/m1/s1. The summed E-state index contributed by atoms with van der Waals surface area (Å²) < 4.78 is 6.70. The monoisotopic (exact) mass is 440 g/mol. The van der Waals surface area contributed by atoms with Gasteiger partial charge in [0.05, 0.1) is 12.7 Å². The highest BCUT2D eigenvalue weighted by molar-refractivity contribution is 5.85. The molecule has 0 amide bonds. The van der Waals surface area contributed by atoms with Crippen molar-refractivity contribution in [3.05, 3.63) is 0 Å². The second-order valence-electron chi connectivity index (χ2n) is 15.4. The number of Topliss-reactive ketones (excluding diaryl/α,β-unsaturated/α-hetero) is 1. The molecule has 5 saturated carbocycles. The van der Waals surface area contributed by atoms with Gasteiger partial charge in [0.2, 0.25) is 0 Å². The van der Waals surface area contributed by atoms with Crippen molar-refractivity contribution >= 4 is 5.78 Å². The van der Waals surface area contributed by atoms with E-state index in [1.165, 1.54) is 51.4 Å².